The number of pyridine rings is 1. The average Bonchev–Trinajstić information content (AvgIpc) is 2.44. The maximum absolute atomic E-state index is 5.71. The number of hydrogen-bond donors (Lipinski definition) is 2. The van der Waals surface area contributed by atoms with Crippen LogP contribution in [0.15, 0.2) is 30.3 Å². The molecule has 0 aliphatic carbocycles. The zero-order valence-corrected chi connectivity index (χ0v) is 12.4. The van der Waals surface area contributed by atoms with E-state index in [1.165, 1.54) is 5.56 Å². The molecule has 0 fully saturated rings. The van der Waals surface area contributed by atoms with Gasteiger partial charge in [0.25, 0.3) is 0 Å². The number of methoxy groups -OCH3 is 1. The second kappa shape index (κ2) is 6.79. The van der Waals surface area contributed by atoms with Gasteiger partial charge in [0.2, 0.25) is 0 Å². The second-order valence-corrected chi connectivity index (χ2v) is 5.42. The predicted molar refractivity (Wildman–Crippen MR) is 82.2 cm³/mol. The van der Waals surface area contributed by atoms with E-state index in [9.17, 15) is 0 Å². The summed E-state index contributed by atoms with van der Waals surface area (Å²) >= 11 is 0. The molecule has 4 heteroatoms. The number of nitrogens with two attached hydrogens (primary N) is 1. The summed E-state index contributed by atoms with van der Waals surface area (Å²) in [6.45, 7) is 4.91. The smallest absolute Gasteiger partial charge is 0.0705 e. The van der Waals surface area contributed by atoms with E-state index in [0.717, 1.165) is 29.6 Å². The van der Waals surface area contributed by atoms with Crippen LogP contribution < -0.4 is 11.3 Å². The highest BCUT2D eigenvalue weighted by Crippen LogP contribution is 2.24. The third-order valence-electron chi connectivity index (χ3n) is 3.55. The highest BCUT2D eigenvalue weighted by Gasteiger charge is 2.14. The normalized spacial score (nSPS) is 14.4. The summed E-state index contributed by atoms with van der Waals surface area (Å²) in [5.74, 6) is 6.16. The fourth-order valence-electron chi connectivity index (χ4n) is 2.52. The van der Waals surface area contributed by atoms with Crippen LogP contribution in [-0.4, -0.2) is 18.7 Å². The first-order chi connectivity index (χ1) is 9.63. The second-order valence-electron chi connectivity index (χ2n) is 5.42. The fraction of sp³-hybridized carbons (Fsp3) is 0.438. The van der Waals surface area contributed by atoms with Crippen LogP contribution in [0.3, 0.4) is 0 Å². The Balaban J connectivity index is 2.23. The van der Waals surface area contributed by atoms with Gasteiger partial charge in [-0.25, -0.2) is 0 Å². The molecule has 0 aliphatic rings. The summed E-state index contributed by atoms with van der Waals surface area (Å²) in [6.07, 6.45) is 0.940. The number of ether oxygens (including phenoxy) is 1. The lowest BCUT2D eigenvalue weighted by Gasteiger charge is -2.20. The first kappa shape index (κ1) is 14.9. The Morgan fingerprint density at radius 2 is 2.10 bits per heavy atom. The molecule has 20 heavy (non-hydrogen) atoms. The zero-order valence-electron chi connectivity index (χ0n) is 12.4. The van der Waals surface area contributed by atoms with Crippen molar-refractivity contribution >= 4 is 10.9 Å². The van der Waals surface area contributed by atoms with Gasteiger partial charge in [0, 0.05) is 30.8 Å². The van der Waals surface area contributed by atoms with Crippen molar-refractivity contribution in [2.75, 3.05) is 13.7 Å². The van der Waals surface area contributed by atoms with Gasteiger partial charge in [-0.15, -0.1) is 0 Å². The molecule has 1 heterocycles. The molecule has 1 aromatic carbocycles. The van der Waals surface area contributed by atoms with Crippen molar-refractivity contribution in [1.29, 1.82) is 0 Å². The standard InChI is InChI=1S/C16H23N3O/c1-11(10-20-3)8-16(19-17)14-6-7-15-13(9-14)5-4-12(2)18-15/h4-7,9,11,16,19H,8,10,17H2,1-3H3. The Labute approximate surface area is 120 Å². The molecule has 108 valence electrons. The van der Waals surface area contributed by atoms with Gasteiger partial charge >= 0.3 is 0 Å². The molecule has 0 saturated carbocycles. The number of rotatable bonds is 6. The highest BCUT2D eigenvalue weighted by atomic mass is 16.5. The van der Waals surface area contributed by atoms with Crippen LogP contribution in [-0.2, 0) is 4.74 Å². The van der Waals surface area contributed by atoms with E-state index in [1.54, 1.807) is 7.11 Å². The van der Waals surface area contributed by atoms with E-state index in [0.29, 0.717) is 5.92 Å². The molecule has 0 saturated heterocycles. The molecule has 0 bridgehead atoms. The summed E-state index contributed by atoms with van der Waals surface area (Å²) in [6, 6.07) is 10.6. The van der Waals surface area contributed by atoms with Gasteiger partial charge in [0.05, 0.1) is 5.52 Å². The summed E-state index contributed by atoms with van der Waals surface area (Å²) in [7, 11) is 1.73. The van der Waals surface area contributed by atoms with Gasteiger partial charge in [0.1, 0.15) is 0 Å². The molecule has 0 aliphatic heterocycles. The van der Waals surface area contributed by atoms with Gasteiger partial charge in [0.15, 0.2) is 0 Å². The Morgan fingerprint density at radius 3 is 2.80 bits per heavy atom. The van der Waals surface area contributed by atoms with Crippen molar-refractivity contribution in [3.8, 4) is 0 Å². The summed E-state index contributed by atoms with van der Waals surface area (Å²) in [5, 5.41) is 1.15. The van der Waals surface area contributed by atoms with Gasteiger partial charge in [-0.3, -0.25) is 16.3 Å². The molecule has 0 amide bonds. The molecule has 2 aromatic rings. The zero-order chi connectivity index (χ0) is 14.5. The maximum Gasteiger partial charge on any atom is 0.0705 e. The van der Waals surface area contributed by atoms with E-state index >= 15 is 0 Å². The summed E-state index contributed by atoms with van der Waals surface area (Å²) in [5.41, 5.74) is 6.15. The molecule has 0 radical (unpaired) electrons. The van der Waals surface area contributed by atoms with E-state index in [4.69, 9.17) is 10.6 Å². The van der Waals surface area contributed by atoms with Crippen LogP contribution in [0, 0.1) is 12.8 Å². The van der Waals surface area contributed by atoms with Crippen LogP contribution in [0.4, 0.5) is 0 Å². The molecular formula is C16H23N3O. The SMILES string of the molecule is COCC(C)CC(NN)c1ccc2nc(C)ccc2c1. The number of aryl methyl sites for hydroxylation is 1. The van der Waals surface area contributed by atoms with Gasteiger partial charge in [-0.2, -0.15) is 0 Å². The first-order valence-electron chi connectivity index (χ1n) is 6.96. The van der Waals surface area contributed by atoms with Crippen molar-refractivity contribution in [1.82, 2.24) is 10.4 Å². The van der Waals surface area contributed by atoms with Crippen molar-refractivity contribution in [2.24, 2.45) is 11.8 Å². The van der Waals surface area contributed by atoms with Gasteiger partial charge in [-0.1, -0.05) is 19.1 Å². The molecule has 2 atom stereocenters. The van der Waals surface area contributed by atoms with Crippen LogP contribution in [0.2, 0.25) is 0 Å². The first-order valence-corrected chi connectivity index (χ1v) is 6.96. The van der Waals surface area contributed by atoms with Crippen LogP contribution in [0.25, 0.3) is 10.9 Å². The molecule has 2 rings (SSSR count). The van der Waals surface area contributed by atoms with Gasteiger partial charge < -0.3 is 4.74 Å². The lowest BCUT2D eigenvalue weighted by Crippen LogP contribution is -2.30. The molecule has 3 N–H and O–H groups in total. The van der Waals surface area contributed by atoms with Crippen molar-refractivity contribution < 1.29 is 4.74 Å². The summed E-state index contributed by atoms with van der Waals surface area (Å²) < 4.78 is 5.19. The Hall–Kier alpha value is -1.49. The summed E-state index contributed by atoms with van der Waals surface area (Å²) in [4.78, 5) is 4.52. The molecule has 2 unspecified atom stereocenters. The monoisotopic (exact) mass is 273 g/mol. The Bertz CT molecular complexity index is 571. The van der Waals surface area contributed by atoms with Crippen LogP contribution >= 0.6 is 0 Å². The van der Waals surface area contributed by atoms with Crippen molar-refractivity contribution in [3.05, 3.63) is 41.6 Å². The number of nitrogens with one attached hydrogen (secondary N) is 1. The number of benzene rings is 1. The van der Waals surface area contributed by atoms with E-state index in [1.807, 2.05) is 13.0 Å². The van der Waals surface area contributed by atoms with Crippen LogP contribution in [0.1, 0.15) is 30.6 Å². The average molecular weight is 273 g/mol. The number of nitrogens with zero attached hydrogens (tertiary/aromatic N) is 1. The topological polar surface area (TPSA) is 60.2 Å². The van der Waals surface area contributed by atoms with Crippen LogP contribution in [0.5, 0.6) is 0 Å². The fourth-order valence-corrected chi connectivity index (χ4v) is 2.52. The molecule has 1 aromatic heterocycles. The Morgan fingerprint density at radius 1 is 1.30 bits per heavy atom. The third kappa shape index (κ3) is 3.54. The number of aromatic nitrogens is 1. The molecule has 0 spiro atoms. The predicted octanol–water partition coefficient (Wildman–Crippen LogP) is 2.72. The minimum Gasteiger partial charge on any atom is -0.384 e. The Kier molecular flexibility index (Phi) is 5.06. The molecule has 4 nitrogen and oxygen atoms in total. The van der Waals surface area contributed by atoms with E-state index in [-0.39, 0.29) is 6.04 Å². The largest absolute Gasteiger partial charge is 0.384 e. The van der Waals surface area contributed by atoms with Gasteiger partial charge in [-0.05, 0) is 43.0 Å². The van der Waals surface area contributed by atoms with Crippen molar-refractivity contribution in [2.45, 2.75) is 26.3 Å². The number of hydrazine groups is 1. The number of fused-ring (bicyclic) bond motifs is 1. The maximum atomic E-state index is 5.71. The molecular weight excluding hydrogens is 250 g/mol. The lowest BCUT2D eigenvalue weighted by molar-refractivity contribution is 0.149. The quantitative estimate of drug-likeness (QED) is 0.627. The van der Waals surface area contributed by atoms with Crippen molar-refractivity contribution in [3.63, 3.8) is 0 Å². The number of hydrogen-bond acceptors (Lipinski definition) is 4. The minimum atomic E-state index is 0.130. The third-order valence-corrected chi connectivity index (χ3v) is 3.55. The highest BCUT2D eigenvalue weighted by molar-refractivity contribution is 5.79. The van der Waals surface area contributed by atoms with E-state index < -0.39 is 0 Å². The minimum absolute atomic E-state index is 0.130. The van der Waals surface area contributed by atoms with E-state index in [2.05, 4.69) is 41.6 Å². The lowest BCUT2D eigenvalue weighted by atomic mass is 9.95.